The molecule has 0 spiro atoms. The van der Waals surface area contributed by atoms with Crippen LogP contribution in [0.2, 0.25) is 5.02 Å². The first-order valence-electron chi connectivity index (χ1n) is 9.49. The van der Waals surface area contributed by atoms with Gasteiger partial charge in [-0.25, -0.2) is 9.79 Å². The summed E-state index contributed by atoms with van der Waals surface area (Å²) >= 11 is 7.12. The Morgan fingerprint density at radius 2 is 2.06 bits per heavy atom. The third-order valence-corrected chi connectivity index (χ3v) is 6.00. The largest absolute Gasteiger partial charge is 0.463 e. The van der Waals surface area contributed by atoms with E-state index in [0.29, 0.717) is 21.1 Å². The van der Waals surface area contributed by atoms with Gasteiger partial charge in [-0.1, -0.05) is 35.1 Å². The average Bonchev–Trinajstić information content (AvgIpc) is 3.33. The van der Waals surface area contributed by atoms with E-state index in [1.54, 1.807) is 38.1 Å². The molecule has 0 aliphatic carbocycles. The highest BCUT2D eigenvalue weighted by atomic mass is 35.5. The van der Waals surface area contributed by atoms with Crippen molar-refractivity contribution >= 4 is 40.9 Å². The van der Waals surface area contributed by atoms with Gasteiger partial charge in [0.15, 0.2) is 4.80 Å². The van der Waals surface area contributed by atoms with Crippen molar-refractivity contribution in [1.82, 2.24) is 4.57 Å². The number of aromatic nitrogens is 1. The van der Waals surface area contributed by atoms with Crippen LogP contribution in [0.25, 0.3) is 6.08 Å². The third-order valence-electron chi connectivity index (χ3n) is 4.77. The molecular weight excluding hydrogens is 458 g/mol. The number of thiazole rings is 1. The Kier molecular flexibility index (Phi) is 5.81. The second-order valence-electron chi connectivity index (χ2n) is 6.79. The number of carbonyl (C=O) groups is 1. The number of esters is 1. The maximum Gasteiger partial charge on any atom is 0.433 e. The number of carbonyl (C=O) groups excluding carboxylic acids is 1. The van der Waals surface area contributed by atoms with Gasteiger partial charge in [-0.05, 0) is 37.6 Å². The highest BCUT2D eigenvalue weighted by Gasteiger charge is 2.33. The van der Waals surface area contributed by atoms with E-state index in [0.717, 1.165) is 11.3 Å². The molecule has 0 unspecified atom stereocenters. The lowest BCUT2D eigenvalue weighted by molar-refractivity contribution is -0.402. The van der Waals surface area contributed by atoms with Gasteiger partial charge < -0.3 is 9.15 Å². The van der Waals surface area contributed by atoms with Crippen molar-refractivity contribution in [1.29, 1.82) is 0 Å². The molecule has 0 fully saturated rings. The Bertz CT molecular complexity index is 1430. The second-order valence-corrected chi connectivity index (χ2v) is 8.23. The number of furan rings is 1. The first kappa shape index (κ1) is 21.7. The standard InChI is InChI=1S/C21H16ClN3O6S/c1-3-30-20(27)17-11(2)23-21-24(18(17)12-4-6-13(22)7-5-12)19(26)15(32-21)10-14-8-9-16(31-14)25(28)29/h4-10,18H,3H2,1-2H3/b15-10-/t18-/m0/s1. The predicted octanol–water partition coefficient (Wildman–Crippen LogP) is 2.95. The summed E-state index contributed by atoms with van der Waals surface area (Å²) in [7, 11) is 0. The molecule has 0 amide bonds. The molecule has 11 heteroatoms. The Morgan fingerprint density at radius 1 is 1.34 bits per heavy atom. The molecule has 4 rings (SSSR count). The molecule has 0 saturated heterocycles. The van der Waals surface area contributed by atoms with Gasteiger partial charge in [0.25, 0.3) is 5.56 Å². The zero-order valence-electron chi connectivity index (χ0n) is 16.9. The van der Waals surface area contributed by atoms with E-state index in [4.69, 9.17) is 20.8 Å². The Hall–Kier alpha value is -3.50. The fraction of sp³-hybridized carbons (Fsp3) is 0.190. The summed E-state index contributed by atoms with van der Waals surface area (Å²) in [5, 5.41) is 11.4. The van der Waals surface area contributed by atoms with Crippen LogP contribution < -0.4 is 14.9 Å². The van der Waals surface area contributed by atoms with Gasteiger partial charge >= 0.3 is 11.9 Å². The molecule has 164 valence electrons. The fourth-order valence-corrected chi connectivity index (χ4v) is 4.55. The summed E-state index contributed by atoms with van der Waals surface area (Å²) in [6.07, 6.45) is 1.42. The number of nitro groups is 1. The molecule has 0 saturated carbocycles. The minimum Gasteiger partial charge on any atom is -0.463 e. The van der Waals surface area contributed by atoms with Crippen LogP contribution in [0.4, 0.5) is 5.88 Å². The van der Waals surface area contributed by atoms with Crippen LogP contribution in [0.3, 0.4) is 0 Å². The number of halogens is 1. The number of allylic oxidation sites excluding steroid dienone is 1. The summed E-state index contributed by atoms with van der Waals surface area (Å²) in [4.78, 5) is 41.2. The Morgan fingerprint density at radius 3 is 2.69 bits per heavy atom. The number of fused-ring (bicyclic) bond motifs is 1. The summed E-state index contributed by atoms with van der Waals surface area (Å²) in [6, 6.07) is 8.66. The smallest absolute Gasteiger partial charge is 0.433 e. The first-order chi connectivity index (χ1) is 15.3. The molecule has 1 atom stereocenters. The van der Waals surface area contributed by atoms with E-state index in [2.05, 4.69) is 4.99 Å². The molecular formula is C21H16ClN3O6S. The first-order valence-corrected chi connectivity index (χ1v) is 10.7. The van der Waals surface area contributed by atoms with Crippen molar-refractivity contribution in [2.45, 2.75) is 19.9 Å². The molecule has 0 N–H and O–H groups in total. The lowest BCUT2D eigenvalue weighted by Crippen LogP contribution is -2.39. The normalized spacial score (nSPS) is 16.0. The third kappa shape index (κ3) is 3.90. The van der Waals surface area contributed by atoms with Crippen molar-refractivity contribution in [2.24, 2.45) is 4.99 Å². The summed E-state index contributed by atoms with van der Waals surface area (Å²) in [5.41, 5.74) is 0.932. The van der Waals surface area contributed by atoms with E-state index in [1.807, 2.05) is 0 Å². The number of hydrogen-bond donors (Lipinski definition) is 0. The zero-order chi connectivity index (χ0) is 23.0. The van der Waals surface area contributed by atoms with E-state index < -0.39 is 28.4 Å². The van der Waals surface area contributed by atoms with E-state index >= 15 is 0 Å². The molecule has 2 aromatic heterocycles. The van der Waals surface area contributed by atoms with Crippen LogP contribution in [0.5, 0.6) is 0 Å². The van der Waals surface area contributed by atoms with Crippen molar-refractivity contribution in [2.75, 3.05) is 6.61 Å². The predicted molar refractivity (Wildman–Crippen MR) is 117 cm³/mol. The second kappa shape index (κ2) is 8.56. The monoisotopic (exact) mass is 473 g/mol. The average molecular weight is 474 g/mol. The van der Waals surface area contributed by atoms with Crippen molar-refractivity contribution in [3.63, 3.8) is 0 Å². The van der Waals surface area contributed by atoms with Gasteiger partial charge in [0.2, 0.25) is 0 Å². The molecule has 1 aliphatic rings. The van der Waals surface area contributed by atoms with Gasteiger partial charge in [0, 0.05) is 11.1 Å². The fourth-order valence-electron chi connectivity index (χ4n) is 3.40. The van der Waals surface area contributed by atoms with Crippen LogP contribution in [-0.4, -0.2) is 22.1 Å². The molecule has 1 aromatic carbocycles. The van der Waals surface area contributed by atoms with Crippen LogP contribution >= 0.6 is 22.9 Å². The van der Waals surface area contributed by atoms with Gasteiger partial charge in [-0.2, -0.15) is 0 Å². The molecule has 3 aromatic rings. The Balaban J connectivity index is 1.93. The maximum atomic E-state index is 13.3. The summed E-state index contributed by atoms with van der Waals surface area (Å²) < 4.78 is 12.0. The quantitative estimate of drug-likeness (QED) is 0.319. The van der Waals surface area contributed by atoms with E-state index in [1.165, 1.54) is 22.8 Å². The zero-order valence-corrected chi connectivity index (χ0v) is 18.5. The molecule has 1 aliphatic heterocycles. The van der Waals surface area contributed by atoms with Crippen LogP contribution in [-0.2, 0) is 9.53 Å². The maximum absolute atomic E-state index is 13.3. The van der Waals surface area contributed by atoms with Crippen molar-refractivity contribution in [3.05, 3.63) is 93.8 Å². The number of benzene rings is 1. The molecule has 32 heavy (non-hydrogen) atoms. The van der Waals surface area contributed by atoms with Gasteiger partial charge in [0.1, 0.15) is 10.7 Å². The minimum absolute atomic E-state index is 0.159. The minimum atomic E-state index is -0.768. The highest BCUT2D eigenvalue weighted by Crippen LogP contribution is 2.31. The number of hydrogen-bond acceptors (Lipinski definition) is 8. The van der Waals surface area contributed by atoms with Gasteiger partial charge in [-0.15, -0.1) is 0 Å². The lowest BCUT2D eigenvalue weighted by atomic mass is 9.96. The number of rotatable bonds is 5. The SMILES string of the molecule is CCOC(=O)C1=C(C)N=c2s/c(=C\c3ccc([N+](=O)[O-])o3)c(=O)n2[C@H]1c1ccc(Cl)cc1. The highest BCUT2D eigenvalue weighted by molar-refractivity contribution is 7.07. The van der Waals surface area contributed by atoms with Crippen LogP contribution in [0.1, 0.15) is 31.2 Å². The van der Waals surface area contributed by atoms with Gasteiger partial charge in [-0.3, -0.25) is 19.5 Å². The van der Waals surface area contributed by atoms with E-state index in [9.17, 15) is 19.7 Å². The lowest BCUT2D eigenvalue weighted by Gasteiger charge is -2.24. The Labute approximate surface area is 189 Å². The topological polar surface area (TPSA) is 117 Å². The van der Waals surface area contributed by atoms with Crippen LogP contribution in [0.15, 0.2) is 61.9 Å². The molecule has 3 heterocycles. The van der Waals surface area contributed by atoms with Gasteiger partial charge in [0.05, 0.1) is 34.5 Å². The summed E-state index contributed by atoms with van der Waals surface area (Å²) in [5.74, 6) is -0.834. The van der Waals surface area contributed by atoms with Crippen molar-refractivity contribution in [3.8, 4) is 0 Å². The van der Waals surface area contributed by atoms with Crippen LogP contribution in [0, 0.1) is 10.1 Å². The number of nitrogens with zero attached hydrogens (tertiary/aromatic N) is 3. The summed E-state index contributed by atoms with van der Waals surface area (Å²) in [6.45, 7) is 3.55. The number of ether oxygens (including phenoxy) is 1. The molecule has 0 bridgehead atoms. The van der Waals surface area contributed by atoms with E-state index in [-0.39, 0.29) is 22.5 Å². The van der Waals surface area contributed by atoms with Crippen molar-refractivity contribution < 1.29 is 18.9 Å². The molecule has 9 nitrogen and oxygen atoms in total. The molecule has 0 radical (unpaired) electrons.